The topological polar surface area (TPSA) is 41.6 Å². The molecule has 1 saturated heterocycles. The third-order valence-electron chi connectivity index (χ3n) is 5.07. The van der Waals surface area contributed by atoms with Crippen molar-refractivity contribution in [1.82, 2.24) is 10.2 Å². The average Bonchev–Trinajstić information content (AvgIpc) is 2.65. The zero-order valence-corrected chi connectivity index (χ0v) is 16.9. The minimum atomic E-state index is -0.212. The van der Waals surface area contributed by atoms with Gasteiger partial charge in [-0.1, -0.05) is 26.2 Å². The van der Waals surface area contributed by atoms with E-state index in [0.29, 0.717) is 6.42 Å². The fourth-order valence-corrected chi connectivity index (χ4v) is 3.30. The summed E-state index contributed by atoms with van der Waals surface area (Å²) in [5, 5.41) is 3.38. The second-order valence-corrected chi connectivity index (χ2v) is 7.96. The monoisotopic (exact) mass is 360 g/mol. The van der Waals surface area contributed by atoms with E-state index in [0.717, 1.165) is 63.3 Å². The largest absolute Gasteiger partial charge is 0.488 e. The van der Waals surface area contributed by atoms with E-state index in [9.17, 15) is 4.79 Å². The van der Waals surface area contributed by atoms with E-state index < -0.39 is 0 Å². The van der Waals surface area contributed by atoms with Crippen molar-refractivity contribution in [3.63, 3.8) is 0 Å². The lowest BCUT2D eigenvalue weighted by Gasteiger charge is -2.32. The molecule has 1 aromatic carbocycles. The average molecular weight is 361 g/mol. The van der Waals surface area contributed by atoms with Crippen LogP contribution in [0.15, 0.2) is 24.3 Å². The Kier molecular flexibility index (Phi) is 8.60. The minimum Gasteiger partial charge on any atom is -0.488 e. The summed E-state index contributed by atoms with van der Waals surface area (Å²) in [7, 11) is 0. The summed E-state index contributed by atoms with van der Waals surface area (Å²) in [5.41, 5.74) is 0.587. The van der Waals surface area contributed by atoms with Gasteiger partial charge in [-0.3, -0.25) is 4.79 Å². The predicted octanol–water partition coefficient (Wildman–Crippen LogP) is 4.29. The zero-order valence-electron chi connectivity index (χ0n) is 16.9. The van der Waals surface area contributed by atoms with Crippen LogP contribution in [0.1, 0.15) is 69.7 Å². The molecule has 0 spiro atoms. The number of Topliss-reactive ketones (excluding diaryl/α,β-unsaturated/α-hetero) is 1. The van der Waals surface area contributed by atoms with Crippen molar-refractivity contribution in [3.05, 3.63) is 29.8 Å². The smallest absolute Gasteiger partial charge is 0.162 e. The van der Waals surface area contributed by atoms with Crippen LogP contribution in [0.3, 0.4) is 0 Å². The number of ketones is 1. The molecular weight excluding hydrogens is 324 g/mol. The lowest BCUT2D eigenvalue weighted by atomic mass is 10.0. The highest BCUT2D eigenvalue weighted by molar-refractivity contribution is 5.96. The van der Waals surface area contributed by atoms with Crippen LogP contribution >= 0.6 is 0 Å². The number of ether oxygens (including phenoxy) is 1. The van der Waals surface area contributed by atoms with Gasteiger partial charge in [0.05, 0.1) is 0 Å². The molecule has 146 valence electrons. The van der Waals surface area contributed by atoms with Crippen LogP contribution in [0.25, 0.3) is 0 Å². The Labute approximate surface area is 159 Å². The SMILES string of the molecule is CCCCCCC(=O)c1ccc(OC(C)(C)CCN2CCNCC2)cc1. The first-order valence-electron chi connectivity index (χ1n) is 10.3. The number of carbonyl (C=O) groups is 1. The first kappa shape index (κ1) is 20.9. The van der Waals surface area contributed by atoms with Gasteiger partial charge in [-0.15, -0.1) is 0 Å². The Bertz CT molecular complexity index is 534. The summed E-state index contributed by atoms with van der Waals surface area (Å²) in [5.74, 6) is 1.09. The molecule has 0 saturated carbocycles. The van der Waals surface area contributed by atoms with Crippen molar-refractivity contribution in [1.29, 1.82) is 0 Å². The molecule has 1 N–H and O–H groups in total. The van der Waals surface area contributed by atoms with E-state index in [1.54, 1.807) is 0 Å². The zero-order chi connectivity index (χ0) is 18.8. The molecule has 26 heavy (non-hydrogen) atoms. The van der Waals surface area contributed by atoms with Gasteiger partial charge in [0.25, 0.3) is 0 Å². The van der Waals surface area contributed by atoms with E-state index in [4.69, 9.17) is 4.74 Å². The van der Waals surface area contributed by atoms with Crippen LogP contribution in [0, 0.1) is 0 Å². The van der Waals surface area contributed by atoms with Crippen LogP contribution in [0.5, 0.6) is 5.75 Å². The van der Waals surface area contributed by atoms with Crippen LogP contribution in [0.2, 0.25) is 0 Å². The fourth-order valence-electron chi connectivity index (χ4n) is 3.30. The fraction of sp³-hybridized carbons (Fsp3) is 0.682. The standard InChI is InChI=1S/C22H36N2O2/c1-4-5-6-7-8-21(25)19-9-11-20(12-10-19)26-22(2,3)13-16-24-17-14-23-15-18-24/h9-12,23H,4-8,13-18H2,1-3H3. The maximum Gasteiger partial charge on any atom is 0.162 e. The second kappa shape index (κ2) is 10.7. The Morgan fingerprint density at radius 3 is 2.46 bits per heavy atom. The summed E-state index contributed by atoms with van der Waals surface area (Å²) in [6, 6.07) is 7.69. The number of rotatable bonds is 11. The van der Waals surface area contributed by atoms with E-state index >= 15 is 0 Å². The van der Waals surface area contributed by atoms with Crippen LogP contribution in [-0.2, 0) is 0 Å². The highest BCUT2D eigenvalue weighted by atomic mass is 16.5. The molecule has 1 fully saturated rings. The molecular formula is C22H36N2O2. The highest BCUT2D eigenvalue weighted by Crippen LogP contribution is 2.22. The summed E-state index contributed by atoms with van der Waals surface area (Å²) in [6.07, 6.45) is 6.18. The van der Waals surface area contributed by atoms with E-state index in [2.05, 4.69) is 31.0 Å². The quantitative estimate of drug-likeness (QED) is 0.472. The number of benzene rings is 1. The van der Waals surface area contributed by atoms with Gasteiger partial charge >= 0.3 is 0 Å². The van der Waals surface area contributed by atoms with Crippen LogP contribution in [0.4, 0.5) is 0 Å². The van der Waals surface area contributed by atoms with E-state index in [1.807, 2.05) is 24.3 Å². The normalized spacial score (nSPS) is 15.8. The van der Waals surface area contributed by atoms with Gasteiger partial charge < -0.3 is 15.0 Å². The van der Waals surface area contributed by atoms with E-state index in [-0.39, 0.29) is 11.4 Å². The molecule has 4 nitrogen and oxygen atoms in total. The van der Waals surface area contributed by atoms with Gasteiger partial charge in [0.15, 0.2) is 5.78 Å². The Morgan fingerprint density at radius 1 is 1.12 bits per heavy atom. The predicted molar refractivity (Wildman–Crippen MR) is 108 cm³/mol. The van der Waals surface area contributed by atoms with Crippen molar-refractivity contribution in [2.75, 3.05) is 32.7 Å². The molecule has 1 aliphatic heterocycles. The van der Waals surface area contributed by atoms with Crippen molar-refractivity contribution in [2.24, 2.45) is 0 Å². The van der Waals surface area contributed by atoms with E-state index in [1.165, 1.54) is 12.8 Å². The lowest BCUT2D eigenvalue weighted by molar-refractivity contribution is 0.0809. The van der Waals surface area contributed by atoms with Crippen molar-refractivity contribution >= 4 is 5.78 Å². The molecule has 0 radical (unpaired) electrons. The molecule has 1 aliphatic rings. The van der Waals surface area contributed by atoms with Gasteiger partial charge in [-0.2, -0.15) is 0 Å². The molecule has 1 aromatic rings. The van der Waals surface area contributed by atoms with Crippen LogP contribution in [-0.4, -0.2) is 49.0 Å². The summed E-state index contributed by atoms with van der Waals surface area (Å²) in [6.45, 7) is 11.9. The molecule has 0 unspecified atom stereocenters. The minimum absolute atomic E-state index is 0.212. The first-order valence-corrected chi connectivity index (χ1v) is 10.3. The Hall–Kier alpha value is -1.39. The van der Waals surface area contributed by atoms with Gasteiger partial charge in [-0.05, 0) is 51.0 Å². The third-order valence-corrected chi connectivity index (χ3v) is 5.07. The number of unbranched alkanes of at least 4 members (excludes halogenated alkanes) is 3. The first-order chi connectivity index (χ1) is 12.5. The molecule has 0 bridgehead atoms. The number of piperazine rings is 1. The number of nitrogens with one attached hydrogen (secondary N) is 1. The molecule has 0 atom stereocenters. The molecule has 2 rings (SSSR count). The van der Waals surface area contributed by atoms with Gasteiger partial charge in [0, 0.05) is 44.7 Å². The van der Waals surface area contributed by atoms with Crippen molar-refractivity contribution in [3.8, 4) is 5.75 Å². The van der Waals surface area contributed by atoms with Gasteiger partial charge in [0.1, 0.15) is 11.4 Å². The number of carbonyl (C=O) groups excluding carboxylic acids is 1. The van der Waals surface area contributed by atoms with Crippen molar-refractivity contribution < 1.29 is 9.53 Å². The number of hydrogen-bond donors (Lipinski definition) is 1. The van der Waals surface area contributed by atoms with Gasteiger partial charge in [0.2, 0.25) is 0 Å². The third kappa shape index (κ3) is 7.46. The second-order valence-electron chi connectivity index (χ2n) is 7.96. The molecule has 4 heteroatoms. The van der Waals surface area contributed by atoms with Crippen molar-refractivity contribution in [2.45, 2.75) is 64.9 Å². The Balaban J connectivity index is 1.78. The Morgan fingerprint density at radius 2 is 1.81 bits per heavy atom. The van der Waals surface area contributed by atoms with Crippen LogP contribution < -0.4 is 10.1 Å². The summed E-state index contributed by atoms with van der Waals surface area (Å²) in [4.78, 5) is 14.7. The highest BCUT2D eigenvalue weighted by Gasteiger charge is 2.22. The summed E-state index contributed by atoms with van der Waals surface area (Å²) >= 11 is 0. The number of hydrogen-bond acceptors (Lipinski definition) is 4. The maximum atomic E-state index is 12.2. The molecule has 0 aromatic heterocycles. The molecule has 0 amide bonds. The maximum absolute atomic E-state index is 12.2. The van der Waals surface area contributed by atoms with Gasteiger partial charge in [-0.25, -0.2) is 0 Å². The lowest BCUT2D eigenvalue weighted by Crippen LogP contribution is -2.45. The molecule has 1 heterocycles. The number of nitrogens with zero attached hydrogens (tertiary/aromatic N) is 1. The summed E-state index contributed by atoms with van der Waals surface area (Å²) < 4.78 is 6.19. The molecule has 0 aliphatic carbocycles.